The van der Waals surface area contributed by atoms with Gasteiger partial charge in [0.25, 0.3) is 5.91 Å². The number of rotatable bonds is 6. The number of nitrogens with one attached hydrogen (secondary N) is 2. The second kappa shape index (κ2) is 7.84. The maximum Gasteiger partial charge on any atom is 0.287 e. The highest BCUT2D eigenvalue weighted by molar-refractivity contribution is 5.96. The van der Waals surface area contributed by atoms with Crippen LogP contribution in [0.2, 0.25) is 0 Å². The van der Waals surface area contributed by atoms with Crippen molar-refractivity contribution in [1.29, 1.82) is 0 Å². The highest BCUT2D eigenvalue weighted by atomic mass is 16.5. The number of ether oxygens (including phenoxy) is 1. The average molecular weight is 365 g/mol. The second-order valence-corrected chi connectivity index (χ2v) is 7.05. The Bertz CT molecular complexity index is 878. The molecule has 3 aromatic rings. The van der Waals surface area contributed by atoms with E-state index in [0.29, 0.717) is 12.3 Å². The van der Waals surface area contributed by atoms with Crippen LogP contribution in [0.3, 0.4) is 0 Å². The molecule has 1 aliphatic heterocycles. The summed E-state index contributed by atoms with van der Waals surface area (Å²) in [5.41, 5.74) is 1.96. The van der Waals surface area contributed by atoms with Crippen LogP contribution < -0.4 is 15.0 Å². The van der Waals surface area contributed by atoms with E-state index in [2.05, 4.69) is 17.4 Å². The number of hydrogen-bond donors (Lipinski definition) is 2. The lowest BCUT2D eigenvalue weighted by Gasteiger charge is -2.25. The maximum atomic E-state index is 12.6. The zero-order valence-electron chi connectivity index (χ0n) is 15.5. The first kappa shape index (κ1) is 17.6. The van der Waals surface area contributed by atoms with Gasteiger partial charge in [0, 0.05) is 23.8 Å². The van der Waals surface area contributed by atoms with Crippen LogP contribution in [-0.4, -0.2) is 32.7 Å². The first-order valence-electron chi connectivity index (χ1n) is 9.50. The molecule has 4 rings (SSSR count). The summed E-state index contributed by atoms with van der Waals surface area (Å²) in [4.78, 5) is 14.1. The van der Waals surface area contributed by atoms with Crippen molar-refractivity contribution in [3.8, 4) is 5.75 Å². The maximum absolute atomic E-state index is 12.6. The molecule has 27 heavy (non-hydrogen) atoms. The fourth-order valence-electron chi connectivity index (χ4n) is 3.89. The van der Waals surface area contributed by atoms with Crippen LogP contribution in [0.5, 0.6) is 5.75 Å². The first-order valence-corrected chi connectivity index (χ1v) is 9.50. The van der Waals surface area contributed by atoms with E-state index in [4.69, 9.17) is 9.15 Å². The Morgan fingerprint density at radius 3 is 2.59 bits per heavy atom. The van der Waals surface area contributed by atoms with Crippen LogP contribution in [0.15, 0.2) is 59.0 Å². The number of furan rings is 1. The molecule has 2 heterocycles. The van der Waals surface area contributed by atoms with E-state index < -0.39 is 0 Å². The third-order valence-electron chi connectivity index (χ3n) is 5.37. The van der Waals surface area contributed by atoms with Gasteiger partial charge in [-0.25, -0.2) is 0 Å². The minimum Gasteiger partial charge on any atom is -0.497 e. The number of likely N-dealkylation sites (tertiary alicyclic amines) is 1. The molecule has 0 unspecified atom stereocenters. The highest BCUT2D eigenvalue weighted by Crippen LogP contribution is 2.19. The molecule has 1 aliphatic rings. The van der Waals surface area contributed by atoms with Crippen molar-refractivity contribution in [3.63, 3.8) is 0 Å². The number of fused-ring (bicyclic) bond motifs is 1. The van der Waals surface area contributed by atoms with Gasteiger partial charge in [-0.3, -0.25) is 4.79 Å². The summed E-state index contributed by atoms with van der Waals surface area (Å²) in [5, 5.41) is 4.02. The van der Waals surface area contributed by atoms with Gasteiger partial charge in [0.1, 0.15) is 17.4 Å². The Morgan fingerprint density at radius 2 is 1.89 bits per heavy atom. The Hall–Kier alpha value is -2.79. The van der Waals surface area contributed by atoms with Crippen molar-refractivity contribution in [3.05, 3.63) is 65.9 Å². The Balaban J connectivity index is 1.49. The van der Waals surface area contributed by atoms with E-state index in [0.717, 1.165) is 29.8 Å². The Kier molecular flexibility index (Phi) is 5.12. The molecule has 1 amide bonds. The molecule has 0 radical (unpaired) electrons. The summed E-state index contributed by atoms with van der Waals surface area (Å²) in [6.07, 6.45) is 2.47. The number of methoxy groups -OCH3 is 1. The molecule has 5 nitrogen and oxygen atoms in total. The lowest BCUT2D eigenvalue weighted by Crippen LogP contribution is -3.11. The molecule has 0 bridgehead atoms. The van der Waals surface area contributed by atoms with Crippen LogP contribution in [0.4, 0.5) is 0 Å². The van der Waals surface area contributed by atoms with E-state index >= 15 is 0 Å². The molecule has 140 valence electrons. The summed E-state index contributed by atoms with van der Waals surface area (Å²) in [6, 6.07) is 17.9. The molecule has 1 atom stereocenters. The Labute approximate surface area is 158 Å². The zero-order chi connectivity index (χ0) is 18.6. The fraction of sp³-hybridized carbons (Fsp3) is 0.318. The smallest absolute Gasteiger partial charge is 0.287 e. The normalized spacial score (nSPS) is 15.7. The predicted molar refractivity (Wildman–Crippen MR) is 104 cm³/mol. The van der Waals surface area contributed by atoms with Crippen molar-refractivity contribution in [2.45, 2.75) is 18.9 Å². The molecule has 0 aliphatic carbocycles. The third-order valence-corrected chi connectivity index (χ3v) is 5.37. The van der Waals surface area contributed by atoms with Gasteiger partial charge >= 0.3 is 0 Å². The fourth-order valence-corrected chi connectivity index (χ4v) is 3.89. The van der Waals surface area contributed by atoms with E-state index in [1.807, 2.05) is 36.4 Å². The SMILES string of the molecule is COc1ccc([C@H](CNC(=O)c2cc3ccccc3o2)[NH+]2CCCC2)cc1. The van der Waals surface area contributed by atoms with Gasteiger partial charge in [0.2, 0.25) is 0 Å². The number of quaternary nitrogens is 1. The van der Waals surface area contributed by atoms with Gasteiger partial charge in [0.05, 0.1) is 26.7 Å². The second-order valence-electron chi connectivity index (χ2n) is 7.05. The van der Waals surface area contributed by atoms with Crippen molar-refractivity contribution in [2.24, 2.45) is 0 Å². The van der Waals surface area contributed by atoms with Gasteiger partial charge in [-0.1, -0.05) is 18.2 Å². The molecular weight excluding hydrogens is 340 g/mol. The quantitative estimate of drug-likeness (QED) is 0.706. The first-order chi connectivity index (χ1) is 13.2. The average Bonchev–Trinajstić information content (AvgIpc) is 3.38. The number of hydrogen-bond acceptors (Lipinski definition) is 3. The lowest BCUT2D eigenvalue weighted by molar-refractivity contribution is -0.918. The van der Waals surface area contributed by atoms with Crippen LogP contribution >= 0.6 is 0 Å². The molecule has 0 saturated carbocycles. The number of carbonyl (C=O) groups is 1. The van der Waals surface area contributed by atoms with Gasteiger partial charge in [0.15, 0.2) is 5.76 Å². The summed E-state index contributed by atoms with van der Waals surface area (Å²) >= 11 is 0. The van der Waals surface area contributed by atoms with Crippen LogP contribution in [0.25, 0.3) is 11.0 Å². The Morgan fingerprint density at radius 1 is 1.15 bits per heavy atom. The molecule has 1 saturated heterocycles. The van der Waals surface area contributed by atoms with Gasteiger partial charge in [-0.2, -0.15) is 0 Å². The van der Waals surface area contributed by atoms with Gasteiger partial charge in [-0.15, -0.1) is 0 Å². The van der Waals surface area contributed by atoms with Crippen molar-refractivity contribution >= 4 is 16.9 Å². The zero-order valence-corrected chi connectivity index (χ0v) is 15.5. The molecular formula is C22H25N2O3+. The molecule has 1 aromatic heterocycles. The van der Waals surface area contributed by atoms with E-state index in [9.17, 15) is 4.79 Å². The van der Waals surface area contributed by atoms with Crippen molar-refractivity contribution < 1.29 is 18.8 Å². The minimum absolute atomic E-state index is 0.164. The summed E-state index contributed by atoms with van der Waals surface area (Å²) in [5.74, 6) is 1.05. The van der Waals surface area contributed by atoms with E-state index in [1.165, 1.54) is 23.3 Å². The van der Waals surface area contributed by atoms with Crippen LogP contribution in [0.1, 0.15) is 35.0 Å². The van der Waals surface area contributed by atoms with Crippen molar-refractivity contribution in [2.75, 3.05) is 26.7 Å². The van der Waals surface area contributed by atoms with Crippen LogP contribution in [0, 0.1) is 0 Å². The van der Waals surface area contributed by atoms with E-state index in [1.54, 1.807) is 13.2 Å². The molecule has 1 fully saturated rings. The van der Waals surface area contributed by atoms with E-state index in [-0.39, 0.29) is 11.9 Å². The van der Waals surface area contributed by atoms with Crippen LogP contribution in [-0.2, 0) is 0 Å². The number of carbonyl (C=O) groups excluding carboxylic acids is 1. The molecule has 5 heteroatoms. The van der Waals surface area contributed by atoms with Crippen molar-refractivity contribution in [1.82, 2.24) is 5.32 Å². The number of amides is 1. The summed E-state index contributed by atoms with van der Waals surface area (Å²) < 4.78 is 11.0. The summed E-state index contributed by atoms with van der Waals surface area (Å²) in [6.45, 7) is 2.85. The monoisotopic (exact) mass is 365 g/mol. The summed E-state index contributed by atoms with van der Waals surface area (Å²) in [7, 11) is 1.67. The predicted octanol–water partition coefficient (Wildman–Crippen LogP) is 2.59. The molecule has 2 N–H and O–H groups in total. The van der Waals surface area contributed by atoms with Gasteiger partial charge in [-0.05, 0) is 36.4 Å². The number of benzene rings is 2. The highest BCUT2D eigenvalue weighted by Gasteiger charge is 2.28. The molecule has 2 aromatic carbocycles. The lowest BCUT2D eigenvalue weighted by atomic mass is 10.1. The standard InChI is InChI=1S/C22H24N2O3/c1-26-18-10-8-16(9-11-18)19(24-12-4-5-13-24)15-23-22(25)21-14-17-6-2-3-7-20(17)27-21/h2-3,6-11,14,19H,4-5,12-13,15H2,1H3,(H,23,25)/p+1/t19-/m0/s1. The largest absolute Gasteiger partial charge is 0.497 e. The third kappa shape index (κ3) is 3.83. The van der Waals surface area contributed by atoms with Gasteiger partial charge < -0.3 is 19.4 Å². The topological polar surface area (TPSA) is 55.9 Å². The molecule has 0 spiro atoms. The number of para-hydroxylation sites is 1. The minimum atomic E-state index is -0.164.